The van der Waals surface area contributed by atoms with Crippen LogP contribution in [0.25, 0.3) is 0 Å². The van der Waals surface area contributed by atoms with Gasteiger partial charge in [0.1, 0.15) is 5.40 Å². The zero-order valence-electron chi connectivity index (χ0n) is 5.22. The summed E-state index contributed by atoms with van der Waals surface area (Å²) in [4.78, 5) is 0. The molecular weight excluding hydrogens is 122 g/mol. The van der Waals surface area contributed by atoms with Crippen LogP contribution in [0.2, 0.25) is 0 Å². The normalized spacial score (nSPS) is 6.25. The number of hydrogen-bond acceptors (Lipinski definition) is 3. The molecule has 0 spiro atoms. The quantitative estimate of drug-likeness (QED) is 0.456. The van der Waals surface area contributed by atoms with Gasteiger partial charge in [-0.05, 0) is 13.8 Å². The topological polar surface area (TPSA) is 33.0 Å². The number of nitrogens with zero attached hydrogens (tertiary/aromatic N) is 1. The third-order valence-electron chi connectivity index (χ3n) is 0.408. The molecule has 0 aromatic rings. The first-order valence-corrected chi connectivity index (χ1v) is 2.89. The first-order valence-electron chi connectivity index (χ1n) is 2.44. The van der Waals surface area contributed by atoms with Gasteiger partial charge in [0, 0.05) is 13.2 Å². The van der Waals surface area contributed by atoms with Gasteiger partial charge in [-0.25, -0.2) is 0 Å². The van der Waals surface area contributed by atoms with Gasteiger partial charge in [-0.1, -0.05) is 12.6 Å². The Morgan fingerprint density at radius 2 is 1.75 bits per heavy atom. The van der Waals surface area contributed by atoms with E-state index < -0.39 is 0 Å². The highest BCUT2D eigenvalue weighted by Gasteiger charge is 1.64. The van der Waals surface area contributed by atoms with Crippen molar-refractivity contribution >= 4 is 12.6 Å². The van der Waals surface area contributed by atoms with Crippen molar-refractivity contribution in [3.63, 3.8) is 0 Å². The fourth-order valence-corrected chi connectivity index (χ4v) is 0.204. The Balaban J connectivity index is 0. The molecule has 2 nitrogen and oxygen atoms in total. The van der Waals surface area contributed by atoms with E-state index in [-0.39, 0.29) is 0 Å². The molecule has 0 unspecified atom stereocenters. The first kappa shape index (κ1) is 10.7. The van der Waals surface area contributed by atoms with Crippen molar-refractivity contribution < 1.29 is 4.74 Å². The summed E-state index contributed by atoms with van der Waals surface area (Å²) in [5.74, 6) is 0. The molecule has 8 heavy (non-hydrogen) atoms. The molecule has 0 aliphatic rings. The average Bonchev–Trinajstić information content (AvgIpc) is 1.71. The van der Waals surface area contributed by atoms with Crippen molar-refractivity contribution in [1.29, 1.82) is 5.26 Å². The molecule has 0 saturated heterocycles. The molecule has 0 saturated carbocycles. The molecular formula is C5H11NOS. The van der Waals surface area contributed by atoms with E-state index in [2.05, 4.69) is 12.6 Å². The van der Waals surface area contributed by atoms with Crippen molar-refractivity contribution in [1.82, 2.24) is 0 Å². The van der Waals surface area contributed by atoms with Crippen molar-refractivity contribution in [2.45, 2.75) is 13.8 Å². The molecule has 0 bridgehead atoms. The Morgan fingerprint density at radius 3 is 1.75 bits per heavy atom. The van der Waals surface area contributed by atoms with Gasteiger partial charge in [-0.15, -0.1) is 0 Å². The van der Waals surface area contributed by atoms with Crippen molar-refractivity contribution in [3.8, 4) is 5.40 Å². The molecule has 3 heteroatoms. The molecule has 0 aliphatic carbocycles. The van der Waals surface area contributed by atoms with Gasteiger partial charge < -0.3 is 4.74 Å². The molecule has 0 aliphatic heterocycles. The van der Waals surface area contributed by atoms with Gasteiger partial charge in [0.2, 0.25) is 0 Å². The number of thiol groups is 1. The van der Waals surface area contributed by atoms with Gasteiger partial charge in [-0.2, -0.15) is 5.26 Å². The summed E-state index contributed by atoms with van der Waals surface area (Å²) in [5, 5.41) is 8.63. The molecule has 0 amide bonds. The Morgan fingerprint density at radius 1 is 1.50 bits per heavy atom. The zero-order valence-corrected chi connectivity index (χ0v) is 6.11. The van der Waals surface area contributed by atoms with E-state index in [0.717, 1.165) is 13.2 Å². The number of thiocyanates is 1. The van der Waals surface area contributed by atoms with Crippen molar-refractivity contribution in [3.05, 3.63) is 0 Å². The predicted molar refractivity (Wildman–Crippen MR) is 36.8 cm³/mol. The smallest absolute Gasteiger partial charge is 0.130 e. The monoisotopic (exact) mass is 133 g/mol. The van der Waals surface area contributed by atoms with E-state index >= 15 is 0 Å². The van der Waals surface area contributed by atoms with Crippen LogP contribution in [-0.2, 0) is 4.74 Å². The summed E-state index contributed by atoms with van der Waals surface area (Å²) in [6, 6.07) is 0. The SMILES string of the molecule is CCOCC.N#CS. The van der Waals surface area contributed by atoms with Gasteiger partial charge in [0.15, 0.2) is 0 Å². The lowest BCUT2D eigenvalue weighted by molar-refractivity contribution is 0.162. The maximum atomic E-state index is 7.18. The summed E-state index contributed by atoms with van der Waals surface area (Å²) in [6.45, 7) is 5.67. The molecule has 48 valence electrons. The number of nitriles is 1. The summed E-state index contributed by atoms with van der Waals surface area (Å²) in [5.41, 5.74) is 0. The average molecular weight is 133 g/mol. The summed E-state index contributed by atoms with van der Waals surface area (Å²) in [6.07, 6.45) is 0. The van der Waals surface area contributed by atoms with Crippen molar-refractivity contribution in [2.75, 3.05) is 13.2 Å². The Bertz CT molecular complexity index is 57.9. The van der Waals surface area contributed by atoms with E-state index in [1.54, 1.807) is 0 Å². The van der Waals surface area contributed by atoms with E-state index in [4.69, 9.17) is 10.00 Å². The van der Waals surface area contributed by atoms with E-state index in [0.29, 0.717) is 0 Å². The third-order valence-corrected chi connectivity index (χ3v) is 0.408. The second-order valence-electron chi connectivity index (χ2n) is 0.881. The number of rotatable bonds is 2. The minimum atomic E-state index is 0.844. The van der Waals surface area contributed by atoms with Crippen LogP contribution in [0, 0.1) is 10.7 Å². The van der Waals surface area contributed by atoms with Crippen LogP contribution in [0.4, 0.5) is 0 Å². The lowest BCUT2D eigenvalue weighted by Crippen LogP contribution is -1.84. The van der Waals surface area contributed by atoms with Gasteiger partial charge >= 0.3 is 0 Å². The van der Waals surface area contributed by atoms with Gasteiger partial charge in [-0.3, -0.25) is 0 Å². The van der Waals surface area contributed by atoms with Crippen LogP contribution < -0.4 is 0 Å². The van der Waals surface area contributed by atoms with Crippen LogP contribution in [0.1, 0.15) is 13.8 Å². The predicted octanol–water partition coefficient (Wildman–Crippen LogP) is 1.44. The van der Waals surface area contributed by atoms with Crippen LogP contribution in [-0.4, -0.2) is 13.2 Å². The summed E-state index contributed by atoms with van der Waals surface area (Å²) < 4.78 is 4.83. The van der Waals surface area contributed by atoms with Gasteiger partial charge in [0.05, 0.1) is 0 Å². The molecule has 0 N–H and O–H groups in total. The number of ether oxygens (including phenoxy) is 1. The highest BCUT2D eigenvalue weighted by molar-refractivity contribution is 7.85. The fourth-order valence-electron chi connectivity index (χ4n) is 0.204. The molecule has 0 radical (unpaired) electrons. The van der Waals surface area contributed by atoms with Crippen LogP contribution in [0.3, 0.4) is 0 Å². The maximum absolute atomic E-state index is 7.18. The Kier molecular flexibility index (Phi) is 21.2. The number of hydrogen-bond donors (Lipinski definition) is 1. The van der Waals surface area contributed by atoms with Gasteiger partial charge in [0.25, 0.3) is 0 Å². The molecule has 0 atom stereocenters. The molecule has 0 aromatic carbocycles. The fraction of sp³-hybridized carbons (Fsp3) is 0.800. The summed E-state index contributed by atoms with van der Waals surface area (Å²) >= 11 is 3.09. The van der Waals surface area contributed by atoms with Crippen LogP contribution in [0.5, 0.6) is 0 Å². The highest BCUT2D eigenvalue weighted by Crippen LogP contribution is 1.64. The van der Waals surface area contributed by atoms with E-state index in [1.807, 2.05) is 13.8 Å². The lowest BCUT2D eigenvalue weighted by atomic mass is 10.8. The first-order chi connectivity index (χ1) is 3.83. The Hall–Kier alpha value is -0.200. The minimum Gasteiger partial charge on any atom is -0.382 e. The van der Waals surface area contributed by atoms with E-state index in [9.17, 15) is 0 Å². The zero-order chi connectivity index (χ0) is 6.83. The maximum Gasteiger partial charge on any atom is 0.130 e. The largest absolute Gasteiger partial charge is 0.382 e. The standard InChI is InChI=1S/C4H10O.CHNS/c1-3-5-4-2;2-1-3/h3-4H2,1-2H3;3H. The molecule has 0 fully saturated rings. The second kappa shape index (κ2) is 15.8. The Labute approximate surface area is 55.9 Å². The summed E-state index contributed by atoms with van der Waals surface area (Å²) in [7, 11) is 0. The van der Waals surface area contributed by atoms with E-state index in [1.165, 1.54) is 5.40 Å². The minimum absolute atomic E-state index is 0.844. The van der Waals surface area contributed by atoms with Crippen LogP contribution in [0.15, 0.2) is 0 Å². The highest BCUT2D eigenvalue weighted by atomic mass is 32.1. The van der Waals surface area contributed by atoms with Crippen molar-refractivity contribution in [2.24, 2.45) is 0 Å². The lowest BCUT2D eigenvalue weighted by Gasteiger charge is -1.86. The second-order valence-corrected chi connectivity index (χ2v) is 1.08. The molecule has 0 heterocycles. The third kappa shape index (κ3) is 41.2. The molecule has 0 aromatic heterocycles. The van der Waals surface area contributed by atoms with Crippen LogP contribution >= 0.6 is 12.6 Å². The molecule has 0 rings (SSSR count).